The third-order valence-electron chi connectivity index (χ3n) is 4.80. The predicted molar refractivity (Wildman–Crippen MR) is 118 cm³/mol. The van der Waals surface area contributed by atoms with Crippen molar-refractivity contribution in [2.75, 3.05) is 53.6 Å². The molecule has 1 aromatic carbocycles. The van der Waals surface area contributed by atoms with Gasteiger partial charge in [0.2, 0.25) is 0 Å². The smallest absolute Gasteiger partial charge is 0.191 e. The molecule has 1 aliphatic heterocycles. The van der Waals surface area contributed by atoms with E-state index in [2.05, 4.69) is 48.6 Å². The summed E-state index contributed by atoms with van der Waals surface area (Å²) in [7, 11) is 3.87. The van der Waals surface area contributed by atoms with E-state index in [1.54, 1.807) is 7.11 Å². The molecule has 1 atom stereocenters. The van der Waals surface area contributed by atoms with E-state index in [-0.39, 0.29) is 6.10 Å². The molecule has 0 aliphatic carbocycles. The van der Waals surface area contributed by atoms with Gasteiger partial charge in [0, 0.05) is 57.4 Å². The number of nitrogens with one attached hydrogen (secondary N) is 2. The minimum absolute atomic E-state index is 0.220. The lowest BCUT2D eigenvalue weighted by Gasteiger charge is -2.18. The SMILES string of the molecule is CCNC(=NCc1cc2c(cc1OCC)CC(C)O2)NCCN(C)CCCOC. The summed E-state index contributed by atoms with van der Waals surface area (Å²) in [5.74, 6) is 2.68. The Morgan fingerprint density at radius 3 is 2.83 bits per heavy atom. The molecule has 1 aliphatic rings. The molecule has 1 heterocycles. The van der Waals surface area contributed by atoms with Gasteiger partial charge in [0.25, 0.3) is 0 Å². The fourth-order valence-corrected chi connectivity index (χ4v) is 3.36. The van der Waals surface area contributed by atoms with Crippen LogP contribution in [0.4, 0.5) is 0 Å². The number of guanidine groups is 1. The van der Waals surface area contributed by atoms with Crippen LogP contribution in [-0.2, 0) is 17.7 Å². The van der Waals surface area contributed by atoms with Crippen LogP contribution in [0.1, 0.15) is 38.3 Å². The first-order valence-electron chi connectivity index (χ1n) is 10.7. The summed E-state index contributed by atoms with van der Waals surface area (Å²) in [5, 5.41) is 6.74. The van der Waals surface area contributed by atoms with E-state index in [4.69, 9.17) is 19.2 Å². The van der Waals surface area contributed by atoms with Crippen molar-refractivity contribution in [1.29, 1.82) is 0 Å². The lowest BCUT2D eigenvalue weighted by atomic mass is 10.1. The van der Waals surface area contributed by atoms with Crippen LogP contribution in [0.15, 0.2) is 17.1 Å². The Labute approximate surface area is 175 Å². The molecule has 0 fully saturated rings. The van der Waals surface area contributed by atoms with Gasteiger partial charge >= 0.3 is 0 Å². The van der Waals surface area contributed by atoms with Crippen molar-refractivity contribution in [3.05, 3.63) is 23.3 Å². The number of hydrogen-bond donors (Lipinski definition) is 2. The molecule has 7 heteroatoms. The van der Waals surface area contributed by atoms with Gasteiger partial charge in [-0.2, -0.15) is 0 Å². The van der Waals surface area contributed by atoms with Gasteiger partial charge in [-0.15, -0.1) is 0 Å². The first kappa shape index (κ1) is 23.3. The molecule has 1 aromatic rings. The number of benzene rings is 1. The molecule has 0 amide bonds. The van der Waals surface area contributed by atoms with Crippen LogP contribution in [0, 0.1) is 0 Å². The Kier molecular flexibility index (Phi) is 10.1. The Morgan fingerprint density at radius 2 is 2.10 bits per heavy atom. The van der Waals surface area contributed by atoms with Crippen LogP contribution in [0.25, 0.3) is 0 Å². The van der Waals surface area contributed by atoms with Gasteiger partial charge < -0.3 is 29.7 Å². The van der Waals surface area contributed by atoms with Crippen molar-refractivity contribution in [3.8, 4) is 11.5 Å². The molecule has 1 unspecified atom stereocenters. The molecule has 0 radical (unpaired) electrons. The van der Waals surface area contributed by atoms with Gasteiger partial charge in [0.05, 0.1) is 13.2 Å². The Bertz CT molecular complexity index is 651. The molecule has 0 spiro atoms. The highest BCUT2D eigenvalue weighted by atomic mass is 16.5. The van der Waals surface area contributed by atoms with Crippen LogP contribution in [0.5, 0.6) is 11.5 Å². The zero-order valence-electron chi connectivity index (χ0n) is 18.7. The average molecular weight is 407 g/mol. The quantitative estimate of drug-likeness (QED) is 0.316. The van der Waals surface area contributed by atoms with Gasteiger partial charge in [0.1, 0.15) is 17.6 Å². The summed E-state index contributed by atoms with van der Waals surface area (Å²) in [4.78, 5) is 7.06. The third-order valence-corrected chi connectivity index (χ3v) is 4.80. The van der Waals surface area contributed by atoms with E-state index in [1.165, 1.54) is 5.56 Å². The Hall–Kier alpha value is -1.99. The summed E-state index contributed by atoms with van der Waals surface area (Å²) in [5.41, 5.74) is 2.27. The van der Waals surface area contributed by atoms with Crippen LogP contribution in [0.2, 0.25) is 0 Å². The van der Waals surface area contributed by atoms with E-state index in [0.717, 1.165) is 68.6 Å². The molecule has 0 saturated heterocycles. The van der Waals surface area contributed by atoms with Gasteiger partial charge in [-0.1, -0.05) is 0 Å². The van der Waals surface area contributed by atoms with Crippen LogP contribution in [-0.4, -0.2) is 70.5 Å². The van der Waals surface area contributed by atoms with Gasteiger partial charge in [-0.3, -0.25) is 0 Å². The number of likely N-dealkylation sites (N-methyl/N-ethyl adjacent to an activating group) is 1. The Balaban J connectivity index is 1.96. The maximum Gasteiger partial charge on any atom is 0.191 e. The molecule has 0 bridgehead atoms. The van der Waals surface area contributed by atoms with Crippen molar-refractivity contribution < 1.29 is 14.2 Å². The highest BCUT2D eigenvalue weighted by Gasteiger charge is 2.21. The van der Waals surface area contributed by atoms with Crippen molar-refractivity contribution in [3.63, 3.8) is 0 Å². The minimum atomic E-state index is 0.220. The molecule has 7 nitrogen and oxygen atoms in total. The largest absolute Gasteiger partial charge is 0.494 e. The molecule has 2 rings (SSSR count). The summed E-state index contributed by atoms with van der Waals surface area (Å²) < 4.78 is 16.9. The highest BCUT2D eigenvalue weighted by Crippen LogP contribution is 2.35. The van der Waals surface area contributed by atoms with Crippen LogP contribution in [0.3, 0.4) is 0 Å². The normalized spacial score (nSPS) is 15.9. The van der Waals surface area contributed by atoms with Crippen LogP contribution < -0.4 is 20.1 Å². The second-order valence-electron chi connectivity index (χ2n) is 7.40. The lowest BCUT2D eigenvalue weighted by Crippen LogP contribution is -2.41. The number of fused-ring (bicyclic) bond motifs is 1. The fraction of sp³-hybridized carbons (Fsp3) is 0.682. The molecular weight excluding hydrogens is 368 g/mol. The number of rotatable bonds is 12. The molecule has 0 saturated carbocycles. The Morgan fingerprint density at radius 1 is 1.28 bits per heavy atom. The molecule has 2 N–H and O–H groups in total. The predicted octanol–water partition coefficient (Wildman–Crippen LogP) is 2.43. The maximum absolute atomic E-state index is 5.92. The topological polar surface area (TPSA) is 67.4 Å². The zero-order valence-corrected chi connectivity index (χ0v) is 18.7. The summed E-state index contributed by atoms with van der Waals surface area (Å²) in [6.07, 6.45) is 2.19. The summed E-state index contributed by atoms with van der Waals surface area (Å²) in [6.45, 7) is 11.8. The van der Waals surface area contributed by atoms with Crippen molar-refractivity contribution in [2.45, 2.75) is 46.3 Å². The molecular formula is C22H38N4O3. The zero-order chi connectivity index (χ0) is 21.1. The second kappa shape index (κ2) is 12.5. The van der Waals surface area contributed by atoms with E-state index < -0.39 is 0 Å². The fourth-order valence-electron chi connectivity index (χ4n) is 3.36. The first-order valence-corrected chi connectivity index (χ1v) is 10.7. The standard InChI is InChI=1S/C22H38N4O3/c1-6-23-22(24-9-11-26(4)10-8-12-27-5)25-16-19-15-21-18(13-17(3)29-21)14-20(19)28-7-2/h14-15,17H,6-13,16H2,1-5H3,(H2,23,24,25). The first-order chi connectivity index (χ1) is 14.1. The number of aliphatic imine (C=N–C) groups is 1. The molecule has 0 aromatic heterocycles. The maximum atomic E-state index is 5.92. The number of nitrogens with zero attached hydrogens (tertiary/aromatic N) is 2. The molecule has 29 heavy (non-hydrogen) atoms. The third kappa shape index (κ3) is 7.74. The van der Waals surface area contributed by atoms with E-state index in [1.807, 2.05) is 6.92 Å². The summed E-state index contributed by atoms with van der Waals surface area (Å²) in [6, 6.07) is 4.20. The van der Waals surface area contributed by atoms with E-state index >= 15 is 0 Å². The average Bonchev–Trinajstić information content (AvgIpc) is 3.05. The monoisotopic (exact) mass is 406 g/mol. The number of methoxy groups -OCH3 is 1. The van der Waals surface area contributed by atoms with Gasteiger partial charge in [-0.25, -0.2) is 4.99 Å². The van der Waals surface area contributed by atoms with Crippen molar-refractivity contribution >= 4 is 5.96 Å². The van der Waals surface area contributed by atoms with Gasteiger partial charge in [0.15, 0.2) is 5.96 Å². The number of hydrogen-bond acceptors (Lipinski definition) is 5. The van der Waals surface area contributed by atoms with E-state index in [9.17, 15) is 0 Å². The minimum Gasteiger partial charge on any atom is -0.494 e. The number of ether oxygens (including phenoxy) is 3. The van der Waals surface area contributed by atoms with Crippen LogP contribution >= 0.6 is 0 Å². The lowest BCUT2D eigenvalue weighted by molar-refractivity contribution is 0.180. The van der Waals surface area contributed by atoms with Crippen molar-refractivity contribution in [2.24, 2.45) is 4.99 Å². The van der Waals surface area contributed by atoms with E-state index in [0.29, 0.717) is 13.2 Å². The second-order valence-corrected chi connectivity index (χ2v) is 7.40. The van der Waals surface area contributed by atoms with Gasteiger partial charge in [-0.05, 0) is 46.4 Å². The summed E-state index contributed by atoms with van der Waals surface area (Å²) >= 11 is 0. The molecule has 164 valence electrons. The highest BCUT2D eigenvalue weighted by molar-refractivity contribution is 5.79. The van der Waals surface area contributed by atoms with Crippen molar-refractivity contribution in [1.82, 2.24) is 15.5 Å².